The molecule has 0 fully saturated rings. The number of furan rings is 1. The summed E-state index contributed by atoms with van der Waals surface area (Å²) in [5, 5.41) is 7.14. The van der Waals surface area contributed by atoms with E-state index in [4.69, 9.17) is 4.42 Å². The summed E-state index contributed by atoms with van der Waals surface area (Å²) < 4.78 is 6.40. The van der Waals surface area contributed by atoms with Crippen molar-refractivity contribution in [3.63, 3.8) is 0 Å². The smallest absolute Gasteiger partial charge is 0.137 e. The summed E-state index contributed by atoms with van der Waals surface area (Å²) >= 11 is 0. The second kappa shape index (κ2) is 14.1. The molecule has 0 unspecified atom stereocenters. The van der Waals surface area contributed by atoms with Crippen LogP contribution in [-0.2, 0) is 0 Å². The summed E-state index contributed by atoms with van der Waals surface area (Å²) in [4.78, 5) is 2.36. The maximum Gasteiger partial charge on any atom is 0.137 e. The molecule has 11 aromatic rings. The van der Waals surface area contributed by atoms with Crippen LogP contribution in [-0.4, -0.2) is 0 Å². The van der Waals surface area contributed by atoms with Crippen LogP contribution in [0.5, 0.6) is 0 Å². The first-order chi connectivity index (χ1) is 28.7. The molecule has 0 atom stereocenters. The normalized spacial score (nSPS) is 11.4. The van der Waals surface area contributed by atoms with Gasteiger partial charge in [-0.1, -0.05) is 170 Å². The average Bonchev–Trinajstić information content (AvgIpc) is 3.69. The Morgan fingerprint density at radius 2 is 0.776 bits per heavy atom. The van der Waals surface area contributed by atoms with Gasteiger partial charge in [0.2, 0.25) is 0 Å². The average molecular weight is 740 g/mol. The van der Waals surface area contributed by atoms with E-state index in [-0.39, 0.29) is 0 Å². The van der Waals surface area contributed by atoms with Gasteiger partial charge in [-0.15, -0.1) is 0 Å². The van der Waals surface area contributed by atoms with E-state index < -0.39 is 0 Å². The SMILES string of the molecule is c1ccc(-c2ccc3cc(-c4ccc(N(c5ccc(-c6cccc7cccc(-c8ccccc8)c67)cc5)c5cccc6oc7ccccc7c56)cc4)ccc3c2)cc1. The largest absolute Gasteiger partial charge is 0.456 e. The van der Waals surface area contributed by atoms with Crippen molar-refractivity contribution in [3.8, 4) is 44.5 Å². The minimum Gasteiger partial charge on any atom is -0.456 e. The zero-order chi connectivity index (χ0) is 38.4. The predicted molar refractivity (Wildman–Crippen MR) is 245 cm³/mol. The molecule has 2 nitrogen and oxygen atoms in total. The lowest BCUT2D eigenvalue weighted by Crippen LogP contribution is -2.10. The van der Waals surface area contributed by atoms with Crippen LogP contribution in [0.1, 0.15) is 0 Å². The molecule has 0 aliphatic carbocycles. The molecule has 0 bridgehead atoms. The van der Waals surface area contributed by atoms with Crippen LogP contribution in [0.15, 0.2) is 229 Å². The molecule has 0 radical (unpaired) electrons. The molecule has 58 heavy (non-hydrogen) atoms. The minimum atomic E-state index is 0.868. The summed E-state index contributed by atoms with van der Waals surface area (Å²) in [7, 11) is 0. The van der Waals surface area contributed by atoms with Gasteiger partial charge in [0.25, 0.3) is 0 Å². The molecule has 0 saturated heterocycles. The fourth-order valence-corrected chi connectivity index (χ4v) is 8.64. The number of rotatable bonds is 7. The zero-order valence-electron chi connectivity index (χ0n) is 31.7. The molecule has 1 heterocycles. The number of para-hydroxylation sites is 1. The maximum atomic E-state index is 6.40. The topological polar surface area (TPSA) is 16.4 Å². The standard InChI is InChI=1S/C56H37NO/c1-3-12-38(13-4-1)43-24-26-46-37-44(25-27-45(46)36-43)39-28-32-47(33-29-39)57(52-21-11-23-54-56(52)51-18-7-8-22-53(51)58-54)48-34-30-41(31-35-48)50-20-10-17-42-16-9-19-49(55(42)50)40-14-5-2-6-15-40/h1-37H. The first-order valence-corrected chi connectivity index (χ1v) is 19.8. The van der Waals surface area contributed by atoms with Crippen LogP contribution in [0.4, 0.5) is 17.1 Å². The highest BCUT2D eigenvalue weighted by Crippen LogP contribution is 2.44. The van der Waals surface area contributed by atoms with Crippen LogP contribution in [0.3, 0.4) is 0 Å². The van der Waals surface area contributed by atoms with Crippen LogP contribution in [0.25, 0.3) is 88.0 Å². The maximum absolute atomic E-state index is 6.40. The van der Waals surface area contributed by atoms with Crippen molar-refractivity contribution in [2.24, 2.45) is 0 Å². The Labute approximate surface area is 337 Å². The molecule has 0 amide bonds. The second-order valence-electron chi connectivity index (χ2n) is 14.9. The van der Waals surface area contributed by atoms with Crippen molar-refractivity contribution < 1.29 is 4.42 Å². The lowest BCUT2D eigenvalue weighted by molar-refractivity contribution is 0.669. The van der Waals surface area contributed by atoms with Crippen molar-refractivity contribution >= 4 is 60.5 Å². The van der Waals surface area contributed by atoms with Crippen LogP contribution < -0.4 is 4.90 Å². The molecular formula is C56H37NO. The Bertz CT molecular complexity index is 3250. The Morgan fingerprint density at radius 3 is 1.41 bits per heavy atom. The number of anilines is 3. The Kier molecular flexibility index (Phi) is 8.19. The van der Waals surface area contributed by atoms with E-state index >= 15 is 0 Å². The van der Waals surface area contributed by atoms with Gasteiger partial charge in [0.05, 0.1) is 11.1 Å². The second-order valence-corrected chi connectivity index (χ2v) is 14.9. The fraction of sp³-hybridized carbons (Fsp3) is 0. The molecule has 10 aromatic carbocycles. The van der Waals surface area contributed by atoms with Gasteiger partial charge in [-0.05, 0) is 121 Å². The monoisotopic (exact) mass is 739 g/mol. The quantitative estimate of drug-likeness (QED) is 0.162. The number of benzene rings is 10. The molecular weight excluding hydrogens is 703 g/mol. The lowest BCUT2D eigenvalue weighted by Gasteiger charge is -2.27. The molecule has 11 rings (SSSR count). The van der Waals surface area contributed by atoms with E-state index in [1.807, 2.05) is 12.1 Å². The van der Waals surface area contributed by atoms with E-state index in [0.717, 1.165) is 39.0 Å². The van der Waals surface area contributed by atoms with Crippen molar-refractivity contribution in [2.75, 3.05) is 4.90 Å². The van der Waals surface area contributed by atoms with Crippen molar-refractivity contribution in [1.82, 2.24) is 0 Å². The van der Waals surface area contributed by atoms with Gasteiger partial charge >= 0.3 is 0 Å². The molecule has 0 aliphatic heterocycles. The summed E-state index contributed by atoms with van der Waals surface area (Å²) in [6.07, 6.45) is 0. The number of nitrogens with zero attached hydrogens (tertiary/aromatic N) is 1. The highest BCUT2D eigenvalue weighted by atomic mass is 16.3. The number of hydrogen-bond acceptors (Lipinski definition) is 2. The van der Waals surface area contributed by atoms with Crippen molar-refractivity contribution in [2.45, 2.75) is 0 Å². The molecule has 272 valence electrons. The first kappa shape index (κ1) is 33.6. The van der Waals surface area contributed by atoms with E-state index in [1.54, 1.807) is 0 Å². The summed E-state index contributed by atoms with van der Waals surface area (Å²) in [6, 6.07) is 80.6. The van der Waals surface area contributed by atoms with Crippen LogP contribution in [0.2, 0.25) is 0 Å². The Hall–Kier alpha value is -7.68. The molecule has 0 spiro atoms. The van der Waals surface area contributed by atoms with E-state index in [2.05, 4.69) is 217 Å². The number of hydrogen-bond donors (Lipinski definition) is 0. The first-order valence-electron chi connectivity index (χ1n) is 19.8. The van der Waals surface area contributed by atoms with Gasteiger partial charge in [-0.2, -0.15) is 0 Å². The molecule has 0 saturated carbocycles. The summed E-state index contributed by atoms with van der Waals surface area (Å²) in [5.41, 5.74) is 14.6. The molecule has 0 aliphatic rings. The summed E-state index contributed by atoms with van der Waals surface area (Å²) in [5.74, 6) is 0. The van der Waals surface area contributed by atoms with Gasteiger partial charge in [0.15, 0.2) is 0 Å². The fourth-order valence-electron chi connectivity index (χ4n) is 8.64. The van der Waals surface area contributed by atoms with Gasteiger partial charge < -0.3 is 9.32 Å². The van der Waals surface area contributed by atoms with Gasteiger partial charge in [-0.25, -0.2) is 0 Å². The van der Waals surface area contributed by atoms with Gasteiger partial charge in [0.1, 0.15) is 11.2 Å². The Balaban J connectivity index is 1.01. The van der Waals surface area contributed by atoms with E-state index in [1.165, 1.54) is 66.1 Å². The highest BCUT2D eigenvalue weighted by molar-refractivity contribution is 6.13. The highest BCUT2D eigenvalue weighted by Gasteiger charge is 2.20. The third-order valence-corrected chi connectivity index (χ3v) is 11.5. The molecule has 1 aromatic heterocycles. The van der Waals surface area contributed by atoms with Crippen LogP contribution >= 0.6 is 0 Å². The lowest BCUT2D eigenvalue weighted by atomic mass is 9.91. The summed E-state index contributed by atoms with van der Waals surface area (Å²) in [6.45, 7) is 0. The van der Waals surface area contributed by atoms with Crippen molar-refractivity contribution in [1.29, 1.82) is 0 Å². The molecule has 2 heteroatoms. The van der Waals surface area contributed by atoms with Crippen molar-refractivity contribution in [3.05, 3.63) is 224 Å². The van der Waals surface area contributed by atoms with Crippen LogP contribution in [0, 0.1) is 0 Å². The third-order valence-electron chi connectivity index (χ3n) is 11.5. The van der Waals surface area contributed by atoms with E-state index in [0.29, 0.717) is 0 Å². The van der Waals surface area contributed by atoms with Gasteiger partial charge in [-0.3, -0.25) is 0 Å². The minimum absolute atomic E-state index is 0.868. The predicted octanol–water partition coefficient (Wildman–Crippen LogP) is 16.0. The number of fused-ring (bicyclic) bond motifs is 5. The zero-order valence-corrected chi connectivity index (χ0v) is 31.7. The molecule has 0 N–H and O–H groups in total. The van der Waals surface area contributed by atoms with E-state index in [9.17, 15) is 0 Å². The third kappa shape index (κ3) is 5.91. The van der Waals surface area contributed by atoms with Gasteiger partial charge in [0, 0.05) is 16.8 Å². The Morgan fingerprint density at radius 1 is 0.293 bits per heavy atom.